The molecule has 2 aromatic carbocycles. The molecule has 0 N–H and O–H groups in total. The van der Waals surface area contributed by atoms with Crippen molar-refractivity contribution in [1.29, 1.82) is 0 Å². The molecule has 2 aromatic rings. The van der Waals surface area contributed by atoms with Gasteiger partial charge in [-0.05, 0) is 50.2 Å². The quantitative estimate of drug-likeness (QED) is 0.705. The maximum atomic E-state index is 12.3. The van der Waals surface area contributed by atoms with Gasteiger partial charge >= 0.3 is 5.97 Å². The first-order valence-electron chi connectivity index (χ1n) is 8.70. The second kappa shape index (κ2) is 7.60. The van der Waals surface area contributed by atoms with E-state index in [1.165, 1.54) is 24.3 Å². The Morgan fingerprint density at radius 2 is 1.93 bits per heavy atom. The minimum Gasteiger partial charge on any atom is -0.493 e. The van der Waals surface area contributed by atoms with Crippen LogP contribution in [0.5, 0.6) is 11.5 Å². The number of rotatable bonds is 6. The largest absolute Gasteiger partial charge is 0.493 e. The molecule has 27 heavy (non-hydrogen) atoms. The fourth-order valence-electron chi connectivity index (χ4n) is 2.95. The normalized spacial score (nSPS) is 15.7. The third-order valence-electron chi connectivity index (χ3n) is 4.26. The number of carbonyl (C=O) groups is 1. The molecule has 1 aliphatic rings. The predicted octanol–water partition coefficient (Wildman–Crippen LogP) is 3.17. The van der Waals surface area contributed by atoms with E-state index in [9.17, 15) is 13.2 Å². The van der Waals surface area contributed by atoms with Crippen LogP contribution >= 0.6 is 0 Å². The lowest BCUT2D eigenvalue weighted by molar-refractivity contribution is 0.0469. The summed E-state index contributed by atoms with van der Waals surface area (Å²) in [5.41, 5.74) is 2.09. The average Bonchev–Trinajstić information content (AvgIpc) is 2.98. The summed E-state index contributed by atoms with van der Waals surface area (Å²) in [4.78, 5) is 12.4. The molecule has 0 amide bonds. The lowest BCUT2D eigenvalue weighted by atomic mass is 10.1. The van der Waals surface area contributed by atoms with Gasteiger partial charge in [-0.2, -0.15) is 0 Å². The van der Waals surface area contributed by atoms with E-state index in [1.807, 2.05) is 26.0 Å². The standard InChI is InChI=1S/C20H22O6S/c1-4-24-18-10-15-9-13(2)26-19(15)11-16(18)12-25-20(21)14-5-7-17(8-6-14)27(3,22)23/h5-8,10-11,13H,4,9,12H2,1-3H3. The summed E-state index contributed by atoms with van der Waals surface area (Å²) in [5.74, 6) is 0.927. The molecule has 7 heteroatoms. The topological polar surface area (TPSA) is 78.9 Å². The van der Waals surface area contributed by atoms with Gasteiger partial charge in [0.05, 0.1) is 17.1 Å². The summed E-state index contributed by atoms with van der Waals surface area (Å²) in [6, 6.07) is 9.45. The molecule has 1 heterocycles. The summed E-state index contributed by atoms with van der Waals surface area (Å²) in [5, 5.41) is 0. The van der Waals surface area contributed by atoms with Gasteiger partial charge in [-0.3, -0.25) is 0 Å². The molecular weight excluding hydrogens is 368 g/mol. The first kappa shape index (κ1) is 19.2. The summed E-state index contributed by atoms with van der Waals surface area (Å²) >= 11 is 0. The van der Waals surface area contributed by atoms with Gasteiger partial charge in [-0.1, -0.05) is 0 Å². The first-order valence-corrected chi connectivity index (χ1v) is 10.6. The van der Waals surface area contributed by atoms with Crippen LogP contribution in [0.4, 0.5) is 0 Å². The van der Waals surface area contributed by atoms with E-state index in [-0.39, 0.29) is 23.2 Å². The Balaban J connectivity index is 1.74. The summed E-state index contributed by atoms with van der Waals surface area (Å²) < 4.78 is 39.8. The van der Waals surface area contributed by atoms with E-state index in [2.05, 4.69) is 0 Å². The maximum absolute atomic E-state index is 12.3. The molecular formula is C20H22O6S. The van der Waals surface area contributed by atoms with Crippen LogP contribution in [0.1, 0.15) is 35.3 Å². The first-order chi connectivity index (χ1) is 12.8. The van der Waals surface area contributed by atoms with Gasteiger partial charge in [0, 0.05) is 23.8 Å². The van der Waals surface area contributed by atoms with Gasteiger partial charge in [0.1, 0.15) is 24.2 Å². The molecule has 0 saturated heterocycles. The van der Waals surface area contributed by atoms with Crippen molar-refractivity contribution in [2.24, 2.45) is 0 Å². The van der Waals surface area contributed by atoms with E-state index in [4.69, 9.17) is 14.2 Å². The highest BCUT2D eigenvalue weighted by Crippen LogP contribution is 2.35. The zero-order valence-corrected chi connectivity index (χ0v) is 16.3. The molecule has 0 radical (unpaired) electrons. The van der Waals surface area contributed by atoms with Crippen LogP contribution in [0.15, 0.2) is 41.3 Å². The third kappa shape index (κ3) is 4.42. The molecule has 144 valence electrons. The van der Waals surface area contributed by atoms with Gasteiger partial charge in [-0.25, -0.2) is 13.2 Å². The summed E-state index contributed by atoms with van der Waals surface area (Å²) in [6.07, 6.45) is 2.05. The van der Waals surface area contributed by atoms with Crippen molar-refractivity contribution >= 4 is 15.8 Å². The summed E-state index contributed by atoms with van der Waals surface area (Å²) in [6.45, 7) is 4.43. The molecule has 0 aliphatic carbocycles. The minimum atomic E-state index is -3.31. The average molecular weight is 390 g/mol. The molecule has 1 atom stereocenters. The van der Waals surface area contributed by atoms with E-state index in [1.54, 1.807) is 0 Å². The van der Waals surface area contributed by atoms with Gasteiger partial charge in [0.15, 0.2) is 9.84 Å². The highest BCUT2D eigenvalue weighted by atomic mass is 32.2. The van der Waals surface area contributed by atoms with Crippen molar-refractivity contribution in [2.75, 3.05) is 12.9 Å². The lowest BCUT2D eigenvalue weighted by Crippen LogP contribution is -2.07. The van der Waals surface area contributed by atoms with Crippen LogP contribution in [0.2, 0.25) is 0 Å². The van der Waals surface area contributed by atoms with Gasteiger partial charge in [0.2, 0.25) is 0 Å². The van der Waals surface area contributed by atoms with E-state index < -0.39 is 15.8 Å². The zero-order valence-electron chi connectivity index (χ0n) is 15.5. The number of esters is 1. The number of benzene rings is 2. The SMILES string of the molecule is CCOc1cc2c(cc1COC(=O)c1ccc(S(C)(=O)=O)cc1)OC(C)C2. The van der Waals surface area contributed by atoms with Crippen LogP contribution in [0.3, 0.4) is 0 Å². The highest BCUT2D eigenvalue weighted by molar-refractivity contribution is 7.90. The van der Waals surface area contributed by atoms with Crippen molar-refractivity contribution in [3.63, 3.8) is 0 Å². The van der Waals surface area contributed by atoms with E-state index >= 15 is 0 Å². The molecule has 6 nitrogen and oxygen atoms in total. The van der Waals surface area contributed by atoms with Crippen LogP contribution in [-0.2, 0) is 27.6 Å². The lowest BCUT2D eigenvalue weighted by Gasteiger charge is -2.13. The second-order valence-corrected chi connectivity index (χ2v) is 8.52. The number of hydrogen-bond acceptors (Lipinski definition) is 6. The smallest absolute Gasteiger partial charge is 0.338 e. The number of ether oxygens (including phenoxy) is 3. The zero-order chi connectivity index (χ0) is 19.6. The van der Waals surface area contributed by atoms with Gasteiger partial charge in [-0.15, -0.1) is 0 Å². The fourth-order valence-corrected chi connectivity index (χ4v) is 3.58. The minimum absolute atomic E-state index is 0.0347. The number of carbonyl (C=O) groups excluding carboxylic acids is 1. The van der Waals surface area contributed by atoms with Gasteiger partial charge < -0.3 is 14.2 Å². The molecule has 0 aromatic heterocycles. The predicted molar refractivity (Wildman–Crippen MR) is 100 cm³/mol. The van der Waals surface area contributed by atoms with Crippen molar-refractivity contribution in [2.45, 2.75) is 37.9 Å². The van der Waals surface area contributed by atoms with Crippen LogP contribution < -0.4 is 9.47 Å². The van der Waals surface area contributed by atoms with Gasteiger partial charge in [0.25, 0.3) is 0 Å². The van der Waals surface area contributed by atoms with Crippen molar-refractivity contribution in [3.05, 3.63) is 53.1 Å². The van der Waals surface area contributed by atoms with E-state index in [0.717, 1.165) is 29.6 Å². The molecule has 3 rings (SSSR count). The molecule has 0 bridgehead atoms. The maximum Gasteiger partial charge on any atom is 0.338 e. The van der Waals surface area contributed by atoms with Crippen molar-refractivity contribution in [1.82, 2.24) is 0 Å². The highest BCUT2D eigenvalue weighted by Gasteiger charge is 2.22. The third-order valence-corrected chi connectivity index (χ3v) is 5.38. The Bertz CT molecular complexity index is 947. The van der Waals surface area contributed by atoms with Crippen LogP contribution in [-0.4, -0.2) is 33.4 Å². The Labute approximate surface area is 159 Å². The monoisotopic (exact) mass is 390 g/mol. The van der Waals surface area contributed by atoms with E-state index in [0.29, 0.717) is 12.4 Å². The molecule has 1 aliphatic heterocycles. The number of hydrogen-bond donors (Lipinski definition) is 0. The molecule has 0 spiro atoms. The van der Waals surface area contributed by atoms with Crippen LogP contribution in [0, 0.1) is 0 Å². The Morgan fingerprint density at radius 3 is 2.56 bits per heavy atom. The fraction of sp³-hybridized carbons (Fsp3) is 0.350. The number of sulfone groups is 1. The van der Waals surface area contributed by atoms with Crippen molar-refractivity contribution in [3.8, 4) is 11.5 Å². The molecule has 0 fully saturated rings. The van der Waals surface area contributed by atoms with Crippen molar-refractivity contribution < 1.29 is 27.4 Å². The Morgan fingerprint density at radius 1 is 1.22 bits per heavy atom. The van der Waals surface area contributed by atoms with Crippen LogP contribution in [0.25, 0.3) is 0 Å². The Kier molecular flexibility index (Phi) is 5.41. The molecule has 0 saturated carbocycles. The summed E-state index contributed by atoms with van der Waals surface area (Å²) in [7, 11) is -3.31. The molecule has 1 unspecified atom stereocenters. The second-order valence-electron chi connectivity index (χ2n) is 6.51. The Hall–Kier alpha value is -2.54. The number of fused-ring (bicyclic) bond motifs is 1.